The molecule has 0 bridgehead atoms. The van der Waals surface area contributed by atoms with Crippen LogP contribution in [0.15, 0.2) is 16.8 Å². The zero-order valence-electron chi connectivity index (χ0n) is 8.74. The van der Waals surface area contributed by atoms with E-state index in [0.29, 0.717) is 0 Å². The Morgan fingerprint density at radius 3 is 2.46 bits per heavy atom. The highest BCUT2D eigenvalue weighted by molar-refractivity contribution is 5.55. The largest absolute Gasteiger partial charge is 0.370 e. The van der Waals surface area contributed by atoms with Crippen molar-refractivity contribution in [1.29, 1.82) is 0 Å². The number of hydrogen-bond acceptors (Lipinski definition) is 2. The first-order valence-corrected chi connectivity index (χ1v) is 4.42. The van der Waals surface area contributed by atoms with Crippen LogP contribution in [0.3, 0.4) is 0 Å². The molecule has 0 spiro atoms. The van der Waals surface area contributed by atoms with E-state index in [2.05, 4.69) is 10.9 Å². The maximum atomic E-state index is 5.54. The van der Waals surface area contributed by atoms with E-state index in [1.165, 1.54) is 0 Å². The van der Waals surface area contributed by atoms with Crippen molar-refractivity contribution in [3.05, 3.63) is 11.8 Å². The predicted molar refractivity (Wildman–Crippen MR) is 56.8 cm³/mol. The number of nitrogens with zero attached hydrogens (tertiary/aromatic N) is 1. The SMILES string of the molecule is C#C/C=C(\N=CC)C(C)OC(C)C. The van der Waals surface area contributed by atoms with E-state index in [4.69, 9.17) is 11.2 Å². The second kappa shape index (κ2) is 6.45. The van der Waals surface area contributed by atoms with Crippen LogP contribution in [0.5, 0.6) is 0 Å². The minimum Gasteiger partial charge on any atom is -0.370 e. The van der Waals surface area contributed by atoms with Gasteiger partial charge in [-0.15, -0.1) is 6.42 Å². The zero-order valence-corrected chi connectivity index (χ0v) is 8.74. The third-order valence-electron chi connectivity index (χ3n) is 1.40. The normalized spacial score (nSPS) is 14.9. The summed E-state index contributed by atoms with van der Waals surface area (Å²) in [5.41, 5.74) is 0.790. The van der Waals surface area contributed by atoms with Gasteiger partial charge < -0.3 is 4.74 Å². The zero-order chi connectivity index (χ0) is 10.3. The summed E-state index contributed by atoms with van der Waals surface area (Å²) in [6, 6.07) is 0. The molecule has 2 heteroatoms. The van der Waals surface area contributed by atoms with Crippen molar-refractivity contribution in [2.75, 3.05) is 0 Å². The molecular weight excluding hydrogens is 162 g/mol. The molecule has 0 fully saturated rings. The van der Waals surface area contributed by atoms with Crippen molar-refractivity contribution in [3.63, 3.8) is 0 Å². The average Bonchev–Trinajstić information content (AvgIpc) is 2.02. The average molecular weight is 179 g/mol. The maximum Gasteiger partial charge on any atom is 0.0976 e. The molecule has 1 atom stereocenters. The highest BCUT2D eigenvalue weighted by Gasteiger charge is 2.08. The lowest BCUT2D eigenvalue weighted by molar-refractivity contribution is 0.0391. The number of allylic oxidation sites excluding steroid dienone is 1. The van der Waals surface area contributed by atoms with Crippen LogP contribution in [0.25, 0.3) is 0 Å². The standard InChI is InChI=1S/C11H17NO/c1-6-8-11(12-7-2)10(5)13-9(3)4/h1,7-10H,2-5H3/b11-8-,12-7?. The van der Waals surface area contributed by atoms with Crippen molar-refractivity contribution in [2.24, 2.45) is 4.99 Å². The molecule has 0 aromatic rings. The summed E-state index contributed by atoms with van der Waals surface area (Å²) in [6.45, 7) is 7.77. The van der Waals surface area contributed by atoms with Gasteiger partial charge in [-0.2, -0.15) is 0 Å². The highest BCUT2D eigenvalue weighted by atomic mass is 16.5. The van der Waals surface area contributed by atoms with Crippen LogP contribution in [0.4, 0.5) is 0 Å². The molecule has 0 aliphatic heterocycles. The van der Waals surface area contributed by atoms with E-state index in [9.17, 15) is 0 Å². The number of rotatable bonds is 4. The first-order valence-electron chi connectivity index (χ1n) is 4.42. The summed E-state index contributed by atoms with van der Waals surface area (Å²) >= 11 is 0. The lowest BCUT2D eigenvalue weighted by Crippen LogP contribution is -2.15. The molecule has 0 N–H and O–H groups in total. The first-order chi connectivity index (χ1) is 6.11. The number of hydrogen-bond donors (Lipinski definition) is 0. The Hall–Kier alpha value is -1.07. The van der Waals surface area contributed by atoms with Gasteiger partial charge in [0.05, 0.1) is 17.9 Å². The molecule has 0 heterocycles. The van der Waals surface area contributed by atoms with E-state index in [0.717, 1.165) is 5.70 Å². The Labute approximate surface area is 80.7 Å². The quantitative estimate of drug-likeness (QED) is 0.479. The van der Waals surface area contributed by atoms with Crippen LogP contribution in [0, 0.1) is 12.3 Å². The van der Waals surface area contributed by atoms with Gasteiger partial charge in [0.25, 0.3) is 0 Å². The van der Waals surface area contributed by atoms with Gasteiger partial charge in [0.15, 0.2) is 0 Å². The Bertz CT molecular complexity index is 233. The van der Waals surface area contributed by atoms with Gasteiger partial charge in [0.2, 0.25) is 0 Å². The fraction of sp³-hybridized carbons (Fsp3) is 0.545. The van der Waals surface area contributed by atoms with Crippen molar-refractivity contribution >= 4 is 6.21 Å². The molecule has 1 unspecified atom stereocenters. The van der Waals surface area contributed by atoms with Crippen LogP contribution >= 0.6 is 0 Å². The van der Waals surface area contributed by atoms with Gasteiger partial charge >= 0.3 is 0 Å². The molecular formula is C11H17NO. The Morgan fingerprint density at radius 1 is 1.46 bits per heavy atom. The Morgan fingerprint density at radius 2 is 2.08 bits per heavy atom. The molecule has 0 amide bonds. The molecule has 0 rings (SSSR count). The lowest BCUT2D eigenvalue weighted by atomic mass is 10.2. The second-order valence-corrected chi connectivity index (χ2v) is 2.95. The molecule has 0 radical (unpaired) electrons. The molecule has 0 aromatic heterocycles. The monoisotopic (exact) mass is 179 g/mol. The van der Waals surface area contributed by atoms with Crippen molar-refractivity contribution in [1.82, 2.24) is 0 Å². The van der Waals surface area contributed by atoms with Crippen LogP contribution in [0.1, 0.15) is 27.7 Å². The van der Waals surface area contributed by atoms with E-state index >= 15 is 0 Å². The third-order valence-corrected chi connectivity index (χ3v) is 1.40. The molecule has 0 aromatic carbocycles. The fourth-order valence-electron chi connectivity index (χ4n) is 0.972. The van der Waals surface area contributed by atoms with Gasteiger partial charge in [0.1, 0.15) is 0 Å². The van der Waals surface area contributed by atoms with Crippen LogP contribution in [0.2, 0.25) is 0 Å². The third kappa shape index (κ3) is 5.21. The molecule has 72 valence electrons. The maximum absolute atomic E-state index is 5.54. The van der Waals surface area contributed by atoms with Gasteiger partial charge in [0, 0.05) is 12.3 Å². The van der Waals surface area contributed by atoms with E-state index < -0.39 is 0 Å². The highest BCUT2D eigenvalue weighted by Crippen LogP contribution is 2.09. The van der Waals surface area contributed by atoms with Gasteiger partial charge in [-0.05, 0) is 27.7 Å². The first kappa shape index (κ1) is 11.9. The Kier molecular flexibility index (Phi) is 5.92. The minimum atomic E-state index is -0.0488. The van der Waals surface area contributed by atoms with E-state index in [-0.39, 0.29) is 12.2 Å². The van der Waals surface area contributed by atoms with Crippen molar-refractivity contribution in [2.45, 2.75) is 39.9 Å². The van der Waals surface area contributed by atoms with Gasteiger partial charge in [-0.1, -0.05) is 5.92 Å². The summed E-state index contributed by atoms with van der Waals surface area (Å²) in [7, 11) is 0. The summed E-state index contributed by atoms with van der Waals surface area (Å²) in [6.07, 6.45) is 8.65. The predicted octanol–water partition coefficient (Wildman–Crippen LogP) is 2.41. The Balaban J connectivity index is 4.39. The summed E-state index contributed by atoms with van der Waals surface area (Å²) < 4.78 is 5.54. The number of ether oxygens (including phenoxy) is 1. The van der Waals surface area contributed by atoms with Crippen LogP contribution in [-0.2, 0) is 4.74 Å². The van der Waals surface area contributed by atoms with E-state index in [1.54, 1.807) is 12.3 Å². The van der Waals surface area contributed by atoms with Gasteiger partial charge in [-0.3, -0.25) is 4.99 Å². The molecule has 2 nitrogen and oxygen atoms in total. The molecule has 0 saturated carbocycles. The van der Waals surface area contributed by atoms with Crippen LogP contribution < -0.4 is 0 Å². The lowest BCUT2D eigenvalue weighted by Gasteiger charge is -2.15. The van der Waals surface area contributed by atoms with Gasteiger partial charge in [-0.25, -0.2) is 0 Å². The second-order valence-electron chi connectivity index (χ2n) is 2.95. The number of aliphatic imine (C=N–C) groups is 1. The number of terminal acetylenes is 1. The van der Waals surface area contributed by atoms with E-state index in [1.807, 2.05) is 27.7 Å². The topological polar surface area (TPSA) is 21.6 Å². The van der Waals surface area contributed by atoms with Crippen molar-refractivity contribution < 1.29 is 4.74 Å². The fourth-order valence-corrected chi connectivity index (χ4v) is 0.972. The van der Waals surface area contributed by atoms with Crippen molar-refractivity contribution in [3.8, 4) is 12.3 Å². The molecule has 0 saturated heterocycles. The molecule has 0 aliphatic rings. The minimum absolute atomic E-state index is 0.0488. The smallest absolute Gasteiger partial charge is 0.0976 e. The summed E-state index contributed by atoms with van der Waals surface area (Å²) in [5, 5.41) is 0. The summed E-state index contributed by atoms with van der Waals surface area (Å²) in [5.74, 6) is 2.45. The summed E-state index contributed by atoms with van der Waals surface area (Å²) in [4.78, 5) is 4.14. The molecule has 13 heavy (non-hydrogen) atoms. The van der Waals surface area contributed by atoms with Crippen LogP contribution in [-0.4, -0.2) is 18.4 Å². The molecule has 0 aliphatic carbocycles.